The molecule has 1 aromatic rings. The van der Waals surface area contributed by atoms with Crippen molar-refractivity contribution in [2.24, 2.45) is 0 Å². The minimum Gasteiger partial charge on any atom is -0.476 e. The van der Waals surface area contributed by atoms with E-state index >= 15 is 0 Å². The Morgan fingerprint density at radius 2 is 2.05 bits per heavy atom. The lowest BCUT2D eigenvalue weighted by atomic mass is 10.1. The molecule has 0 bridgehead atoms. The Labute approximate surface area is 111 Å². The molecule has 0 saturated heterocycles. The van der Waals surface area contributed by atoms with Crippen molar-refractivity contribution < 1.29 is 36.6 Å². The van der Waals surface area contributed by atoms with E-state index in [0.29, 0.717) is 6.07 Å². The number of halogens is 6. The first-order valence-electron chi connectivity index (χ1n) is 4.52. The van der Waals surface area contributed by atoms with E-state index < -0.39 is 41.5 Å². The van der Waals surface area contributed by atoms with Crippen molar-refractivity contribution in [2.75, 3.05) is 0 Å². The maximum atomic E-state index is 12.6. The predicted octanol–water partition coefficient (Wildman–Crippen LogP) is 3.51. The van der Waals surface area contributed by atoms with E-state index in [-0.39, 0.29) is 5.33 Å². The van der Waals surface area contributed by atoms with Crippen LogP contribution in [0.15, 0.2) is 6.07 Å². The van der Waals surface area contributed by atoms with Gasteiger partial charge >= 0.3 is 12.3 Å². The van der Waals surface area contributed by atoms with Crippen LogP contribution in [0.2, 0.25) is 0 Å². The van der Waals surface area contributed by atoms with Crippen LogP contribution < -0.4 is 4.74 Å². The molecule has 0 spiro atoms. The molecule has 0 aliphatic carbocycles. The average molecular weight is 350 g/mol. The second-order valence-electron chi connectivity index (χ2n) is 3.16. The summed E-state index contributed by atoms with van der Waals surface area (Å²) >= 11 is 2.77. The third-order valence-electron chi connectivity index (χ3n) is 1.88. The summed E-state index contributed by atoms with van der Waals surface area (Å²) in [6.07, 6.45) is -8.39. The highest BCUT2D eigenvalue weighted by Crippen LogP contribution is 2.32. The van der Waals surface area contributed by atoms with E-state index in [2.05, 4.69) is 25.7 Å². The number of hydrogen-bond acceptors (Lipinski definition) is 3. The molecule has 0 amide bonds. The summed E-state index contributed by atoms with van der Waals surface area (Å²) in [5.74, 6) is -2.74. The van der Waals surface area contributed by atoms with Gasteiger partial charge in [0.1, 0.15) is 0 Å². The molecule has 1 heterocycles. The zero-order chi connectivity index (χ0) is 14.8. The molecule has 1 N–H and O–H groups in total. The van der Waals surface area contributed by atoms with Gasteiger partial charge in [0.05, 0.1) is 11.3 Å². The van der Waals surface area contributed by atoms with Gasteiger partial charge in [0, 0.05) is 5.33 Å². The zero-order valence-electron chi connectivity index (χ0n) is 8.84. The van der Waals surface area contributed by atoms with Crippen molar-refractivity contribution in [1.82, 2.24) is 4.98 Å². The topological polar surface area (TPSA) is 59.4 Å². The first kappa shape index (κ1) is 15.6. The number of rotatable bonds is 4. The fourth-order valence-corrected chi connectivity index (χ4v) is 1.60. The molecule has 19 heavy (non-hydrogen) atoms. The van der Waals surface area contributed by atoms with Crippen molar-refractivity contribution in [3.63, 3.8) is 0 Å². The monoisotopic (exact) mass is 349 g/mol. The van der Waals surface area contributed by atoms with Crippen LogP contribution in [-0.2, 0) is 5.33 Å². The van der Waals surface area contributed by atoms with Crippen LogP contribution in [0.25, 0.3) is 0 Å². The number of hydrogen-bond donors (Lipinski definition) is 1. The lowest BCUT2D eigenvalue weighted by molar-refractivity contribution is -0.275. The summed E-state index contributed by atoms with van der Waals surface area (Å²) in [4.78, 5) is 14.0. The van der Waals surface area contributed by atoms with E-state index in [4.69, 9.17) is 5.11 Å². The zero-order valence-corrected chi connectivity index (χ0v) is 10.4. The minimum atomic E-state index is -5.09. The van der Waals surface area contributed by atoms with Crippen LogP contribution >= 0.6 is 15.9 Å². The Kier molecular flexibility index (Phi) is 4.66. The van der Waals surface area contributed by atoms with Gasteiger partial charge in [-0.2, -0.15) is 0 Å². The number of alkyl halides is 6. The molecule has 10 heteroatoms. The fraction of sp³-hybridized carbons (Fsp3) is 0.333. The number of aromatic nitrogens is 1. The number of pyridine rings is 1. The van der Waals surface area contributed by atoms with Gasteiger partial charge in [0.2, 0.25) is 0 Å². The molecule has 0 radical (unpaired) electrons. The molecular formula is C9H5BrF5NO3. The lowest BCUT2D eigenvalue weighted by Gasteiger charge is -2.14. The van der Waals surface area contributed by atoms with Crippen molar-refractivity contribution >= 4 is 21.9 Å². The molecule has 4 nitrogen and oxygen atoms in total. The standard InChI is InChI=1S/C9H5BrF5NO3/c10-2-4-5(19-9(13,14)15)1-3(7(11)12)6(16-4)8(17)18/h1,7H,2H2,(H,17,18). The van der Waals surface area contributed by atoms with Crippen LogP contribution in [0.5, 0.6) is 5.75 Å². The number of carbonyl (C=O) groups is 1. The smallest absolute Gasteiger partial charge is 0.476 e. The van der Waals surface area contributed by atoms with Gasteiger partial charge in [0.25, 0.3) is 6.43 Å². The van der Waals surface area contributed by atoms with Crippen LogP contribution in [-0.4, -0.2) is 22.4 Å². The second-order valence-corrected chi connectivity index (χ2v) is 3.72. The van der Waals surface area contributed by atoms with Crippen LogP contribution in [0.3, 0.4) is 0 Å². The summed E-state index contributed by atoms with van der Waals surface area (Å²) in [7, 11) is 0. The van der Waals surface area contributed by atoms with Gasteiger partial charge in [-0.3, -0.25) is 0 Å². The number of ether oxygens (including phenoxy) is 1. The molecular weight excluding hydrogens is 345 g/mol. The number of aromatic carboxylic acids is 1. The largest absolute Gasteiger partial charge is 0.573 e. The van der Waals surface area contributed by atoms with E-state index in [9.17, 15) is 26.7 Å². The molecule has 1 aromatic heterocycles. The van der Waals surface area contributed by atoms with Gasteiger partial charge in [-0.1, -0.05) is 15.9 Å². The predicted molar refractivity (Wildman–Crippen MR) is 55.5 cm³/mol. The number of carboxylic acids is 1. The highest BCUT2D eigenvalue weighted by molar-refractivity contribution is 9.08. The maximum absolute atomic E-state index is 12.6. The third-order valence-corrected chi connectivity index (χ3v) is 2.41. The summed E-state index contributed by atoms with van der Waals surface area (Å²) in [6, 6.07) is 0.325. The fourth-order valence-electron chi connectivity index (χ4n) is 1.19. The Hall–Kier alpha value is -1.45. The van der Waals surface area contributed by atoms with E-state index in [0.717, 1.165) is 0 Å². The molecule has 0 unspecified atom stereocenters. The summed E-state index contributed by atoms with van der Waals surface area (Å²) < 4.78 is 64.9. The second kappa shape index (κ2) is 5.68. The molecule has 106 valence electrons. The molecule has 0 fully saturated rings. The van der Waals surface area contributed by atoms with Crippen LogP contribution in [0.1, 0.15) is 28.2 Å². The minimum absolute atomic E-state index is 0.289. The summed E-state index contributed by atoms with van der Waals surface area (Å²) in [5, 5.41) is 8.39. The summed E-state index contributed by atoms with van der Waals surface area (Å²) in [5.41, 5.74) is -2.60. The van der Waals surface area contributed by atoms with Crippen LogP contribution in [0.4, 0.5) is 22.0 Å². The molecule has 0 aliphatic rings. The quantitative estimate of drug-likeness (QED) is 0.667. The summed E-state index contributed by atoms with van der Waals surface area (Å²) in [6.45, 7) is 0. The molecule has 0 aliphatic heterocycles. The maximum Gasteiger partial charge on any atom is 0.573 e. The van der Waals surface area contributed by atoms with Gasteiger partial charge in [-0.05, 0) is 6.07 Å². The van der Waals surface area contributed by atoms with Crippen molar-refractivity contribution in [3.8, 4) is 5.75 Å². The van der Waals surface area contributed by atoms with E-state index in [1.165, 1.54) is 0 Å². The Morgan fingerprint density at radius 1 is 1.47 bits per heavy atom. The Balaban J connectivity index is 3.39. The highest BCUT2D eigenvalue weighted by atomic mass is 79.9. The van der Waals surface area contributed by atoms with E-state index in [1.807, 2.05) is 0 Å². The van der Waals surface area contributed by atoms with Gasteiger partial charge in [-0.15, -0.1) is 13.2 Å². The molecule has 0 saturated carbocycles. The third kappa shape index (κ3) is 4.01. The van der Waals surface area contributed by atoms with E-state index in [1.54, 1.807) is 0 Å². The van der Waals surface area contributed by atoms with Gasteiger partial charge in [0.15, 0.2) is 11.4 Å². The van der Waals surface area contributed by atoms with Crippen molar-refractivity contribution in [2.45, 2.75) is 18.1 Å². The van der Waals surface area contributed by atoms with Gasteiger partial charge in [-0.25, -0.2) is 18.6 Å². The first-order chi connectivity index (χ1) is 8.65. The average Bonchev–Trinajstić information content (AvgIpc) is 2.25. The van der Waals surface area contributed by atoms with Crippen molar-refractivity contribution in [1.29, 1.82) is 0 Å². The lowest BCUT2D eigenvalue weighted by Crippen LogP contribution is -2.19. The van der Waals surface area contributed by atoms with Gasteiger partial charge < -0.3 is 9.84 Å². The number of nitrogens with zero attached hydrogens (tertiary/aromatic N) is 1. The molecule has 1 rings (SSSR count). The Bertz CT molecular complexity index is 491. The normalized spacial score (nSPS) is 11.7. The molecule has 0 aromatic carbocycles. The van der Waals surface area contributed by atoms with Crippen molar-refractivity contribution in [3.05, 3.63) is 23.0 Å². The number of carboxylic acid groups (broad SMARTS) is 1. The highest BCUT2D eigenvalue weighted by Gasteiger charge is 2.34. The Morgan fingerprint density at radius 3 is 2.42 bits per heavy atom. The van der Waals surface area contributed by atoms with Crippen LogP contribution in [0, 0.1) is 0 Å². The molecule has 0 atom stereocenters. The SMILES string of the molecule is O=C(O)c1nc(CBr)c(OC(F)(F)F)cc1C(F)F. The first-order valence-corrected chi connectivity index (χ1v) is 5.64.